The Morgan fingerprint density at radius 1 is 0.306 bits per heavy atom. The Kier molecular flexibility index (Phi) is 6.80. The van der Waals surface area contributed by atoms with E-state index in [-0.39, 0.29) is 0 Å². The van der Waals surface area contributed by atoms with Gasteiger partial charge in [0.1, 0.15) is 0 Å². The van der Waals surface area contributed by atoms with Gasteiger partial charge in [-0.15, -0.1) is 0 Å². The highest BCUT2D eigenvalue weighted by atomic mass is 15.0. The van der Waals surface area contributed by atoms with Gasteiger partial charge < -0.3 is 9.13 Å². The Morgan fingerprint density at radius 3 is 1.56 bits per heavy atom. The summed E-state index contributed by atoms with van der Waals surface area (Å²) >= 11 is 0. The van der Waals surface area contributed by atoms with Gasteiger partial charge in [-0.3, -0.25) is 0 Å². The van der Waals surface area contributed by atoms with Crippen LogP contribution in [0.4, 0.5) is 0 Å². The number of rotatable bonds is 4. The maximum atomic E-state index is 5.24. The van der Waals surface area contributed by atoms with Gasteiger partial charge in [-0.05, 0) is 123 Å². The molecule has 4 heteroatoms. The molecule has 0 radical (unpaired) electrons. The summed E-state index contributed by atoms with van der Waals surface area (Å²) in [5, 5.41) is 11.0. The third-order valence-corrected chi connectivity index (χ3v) is 13.2. The van der Waals surface area contributed by atoms with Gasteiger partial charge in [-0.1, -0.05) is 127 Å². The Labute approximate surface area is 356 Å². The molecule has 10 aromatic carbocycles. The summed E-state index contributed by atoms with van der Waals surface area (Å²) in [5.41, 5.74) is 16.0. The lowest BCUT2D eigenvalue weighted by Gasteiger charge is -2.12. The zero-order valence-electron chi connectivity index (χ0n) is 33.4. The number of aromatic nitrogens is 4. The Morgan fingerprint density at radius 2 is 0.871 bits per heavy atom. The first-order valence-electron chi connectivity index (χ1n) is 21.2. The average molecular weight is 787 g/mol. The third kappa shape index (κ3) is 4.77. The molecule has 0 saturated heterocycles. The summed E-state index contributed by atoms with van der Waals surface area (Å²) in [6.45, 7) is 0. The number of benzene rings is 10. The molecule has 0 spiro atoms. The van der Waals surface area contributed by atoms with Crippen LogP contribution in [0.1, 0.15) is 0 Å². The van der Waals surface area contributed by atoms with Crippen LogP contribution in [0.5, 0.6) is 0 Å². The molecule has 286 valence electrons. The number of para-hydroxylation sites is 3. The lowest BCUT2D eigenvalue weighted by atomic mass is 9.97. The average Bonchev–Trinajstić information content (AvgIpc) is 3.95. The Balaban J connectivity index is 0.886. The van der Waals surface area contributed by atoms with Gasteiger partial charge in [0.15, 0.2) is 5.82 Å². The number of fused-ring (bicyclic) bond motifs is 11. The minimum absolute atomic E-state index is 0.735. The molecule has 0 unspecified atom stereocenters. The zero-order chi connectivity index (χ0) is 40.5. The largest absolute Gasteiger partial charge is 0.309 e. The van der Waals surface area contributed by atoms with E-state index < -0.39 is 0 Å². The predicted octanol–water partition coefficient (Wildman–Crippen LogP) is 15.1. The van der Waals surface area contributed by atoms with E-state index in [1.807, 2.05) is 0 Å². The summed E-state index contributed by atoms with van der Waals surface area (Å²) in [4.78, 5) is 10.4. The van der Waals surface area contributed by atoms with Crippen LogP contribution in [0, 0.1) is 0 Å². The lowest BCUT2D eigenvalue weighted by molar-refractivity contribution is 1.17. The third-order valence-electron chi connectivity index (χ3n) is 13.2. The van der Waals surface area contributed by atoms with Crippen LogP contribution >= 0.6 is 0 Å². The second kappa shape index (κ2) is 12.6. The summed E-state index contributed by atoms with van der Waals surface area (Å²) in [6, 6.07) is 75.1. The number of hydrogen-bond donors (Lipinski definition) is 0. The molecule has 3 heterocycles. The fraction of sp³-hybridized carbons (Fsp3) is 0. The molecule has 0 saturated carbocycles. The fourth-order valence-electron chi connectivity index (χ4n) is 10.4. The molecule has 0 N–H and O–H groups in total. The van der Waals surface area contributed by atoms with Crippen LogP contribution in [-0.4, -0.2) is 19.1 Å². The minimum Gasteiger partial charge on any atom is -0.309 e. The van der Waals surface area contributed by atoms with Gasteiger partial charge in [-0.2, -0.15) is 0 Å². The van der Waals surface area contributed by atoms with Crippen molar-refractivity contribution in [3.8, 4) is 56.3 Å². The van der Waals surface area contributed by atoms with E-state index in [0.717, 1.165) is 33.7 Å². The summed E-state index contributed by atoms with van der Waals surface area (Å²) in [6.07, 6.45) is 0. The van der Waals surface area contributed by atoms with Crippen LogP contribution in [0.3, 0.4) is 0 Å². The summed E-state index contributed by atoms with van der Waals surface area (Å²) in [5.74, 6) is 0.735. The first kappa shape index (κ1) is 33.5. The standard InChI is InChI=1S/C58H34N4/c1-2-13-42(14-3-1)61-52-22-8-6-17-45(52)49-31-40-28-35(24-26-37(40)33-54(49)61)36-25-27-38-34-55-50(32-41(38)29-36)46-18-7-9-23-53(46)62(55)43-15-10-12-39(30-43)58-59-51-21-11-20-47-44-16-4-5-19-48(44)57(60-58)56(47)51/h1-34H. The van der Waals surface area contributed by atoms with Gasteiger partial charge in [0.05, 0.1) is 33.3 Å². The van der Waals surface area contributed by atoms with Crippen molar-refractivity contribution in [2.45, 2.75) is 0 Å². The van der Waals surface area contributed by atoms with Gasteiger partial charge in [0.2, 0.25) is 0 Å². The molecule has 14 rings (SSSR count). The lowest BCUT2D eigenvalue weighted by Crippen LogP contribution is -1.97. The molecule has 3 aromatic heterocycles. The zero-order valence-corrected chi connectivity index (χ0v) is 33.4. The Bertz CT molecular complexity index is 4040. The van der Waals surface area contributed by atoms with E-state index in [4.69, 9.17) is 9.97 Å². The highest BCUT2D eigenvalue weighted by molar-refractivity contribution is 6.16. The molecule has 1 aliphatic rings. The van der Waals surface area contributed by atoms with Crippen LogP contribution < -0.4 is 0 Å². The second-order valence-corrected chi connectivity index (χ2v) is 16.6. The number of nitrogens with zero attached hydrogens (tertiary/aromatic N) is 4. The van der Waals surface area contributed by atoms with E-state index in [1.54, 1.807) is 0 Å². The topological polar surface area (TPSA) is 35.6 Å². The van der Waals surface area contributed by atoms with Crippen molar-refractivity contribution >= 4 is 76.1 Å². The van der Waals surface area contributed by atoms with Crippen molar-refractivity contribution < 1.29 is 0 Å². The first-order chi connectivity index (χ1) is 30.7. The van der Waals surface area contributed by atoms with Crippen molar-refractivity contribution in [1.82, 2.24) is 19.1 Å². The second-order valence-electron chi connectivity index (χ2n) is 16.6. The molecule has 0 amide bonds. The van der Waals surface area contributed by atoms with Crippen LogP contribution in [-0.2, 0) is 0 Å². The van der Waals surface area contributed by atoms with E-state index in [9.17, 15) is 0 Å². The fourth-order valence-corrected chi connectivity index (χ4v) is 10.4. The van der Waals surface area contributed by atoms with Gasteiger partial charge in [-0.25, -0.2) is 9.97 Å². The molecule has 0 fully saturated rings. The van der Waals surface area contributed by atoms with Crippen molar-refractivity contribution in [2.75, 3.05) is 0 Å². The maximum Gasteiger partial charge on any atom is 0.160 e. The molecule has 0 atom stereocenters. The SMILES string of the molecule is c1ccc(-n2c3ccccc3c3cc4cc(-c5ccc6cc7c(cc6c5)c5ccccc5n7-c5cccc(-c6nc7c8c(cccc8n6)-c6ccccc6-7)c5)ccc4cc32)cc1. The molecule has 0 aliphatic heterocycles. The summed E-state index contributed by atoms with van der Waals surface area (Å²) in [7, 11) is 0. The highest BCUT2D eigenvalue weighted by Crippen LogP contribution is 2.46. The molecule has 0 bridgehead atoms. The van der Waals surface area contributed by atoms with Crippen molar-refractivity contribution in [3.63, 3.8) is 0 Å². The van der Waals surface area contributed by atoms with E-state index >= 15 is 0 Å². The Hall–Kier alpha value is -8.34. The minimum atomic E-state index is 0.735. The molecular formula is C58H34N4. The van der Waals surface area contributed by atoms with E-state index in [0.29, 0.717) is 0 Å². The monoisotopic (exact) mass is 786 g/mol. The van der Waals surface area contributed by atoms with E-state index in [2.05, 4.69) is 215 Å². The quantitative estimate of drug-likeness (QED) is 0.178. The van der Waals surface area contributed by atoms with Crippen LogP contribution in [0.25, 0.3) is 132 Å². The van der Waals surface area contributed by atoms with E-state index in [1.165, 1.54) is 98.7 Å². The molecule has 13 aromatic rings. The van der Waals surface area contributed by atoms with Gasteiger partial charge in [0, 0.05) is 49.4 Å². The normalized spacial score (nSPS) is 12.2. The van der Waals surface area contributed by atoms with Crippen LogP contribution in [0.15, 0.2) is 206 Å². The number of hydrogen-bond acceptors (Lipinski definition) is 2. The molecule has 4 nitrogen and oxygen atoms in total. The maximum absolute atomic E-state index is 5.24. The molecule has 62 heavy (non-hydrogen) atoms. The summed E-state index contributed by atoms with van der Waals surface area (Å²) < 4.78 is 4.78. The highest BCUT2D eigenvalue weighted by Gasteiger charge is 2.24. The molecule has 1 aliphatic carbocycles. The van der Waals surface area contributed by atoms with Crippen molar-refractivity contribution in [1.29, 1.82) is 0 Å². The smallest absolute Gasteiger partial charge is 0.160 e. The first-order valence-corrected chi connectivity index (χ1v) is 21.2. The van der Waals surface area contributed by atoms with Gasteiger partial charge in [0.25, 0.3) is 0 Å². The van der Waals surface area contributed by atoms with Crippen molar-refractivity contribution in [3.05, 3.63) is 206 Å². The van der Waals surface area contributed by atoms with Gasteiger partial charge >= 0.3 is 0 Å². The van der Waals surface area contributed by atoms with Crippen LogP contribution in [0.2, 0.25) is 0 Å². The molecular weight excluding hydrogens is 753 g/mol. The predicted molar refractivity (Wildman–Crippen MR) is 259 cm³/mol. The van der Waals surface area contributed by atoms with Crippen molar-refractivity contribution in [2.24, 2.45) is 0 Å².